The minimum absolute atomic E-state index is 0.219. The van der Waals surface area contributed by atoms with Gasteiger partial charge in [0.2, 0.25) is 0 Å². The highest BCUT2D eigenvalue weighted by atomic mass is 32.1. The molecule has 0 aliphatic rings. The van der Waals surface area contributed by atoms with Crippen molar-refractivity contribution in [1.29, 1.82) is 0 Å². The van der Waals surface area contributed by atoms with E-state index in [9.17, 15) is 4.79 Å². The molecule has 0 bridgehead atoms. The molecule has 0 aromatic carbocycles. The first kappa shape index (κ1) is 12.4. The smallest absolute Gasteiger partial charge is 0.281 e. The van der Waals surface area contributed by atoms with Crippen molar-refractivity contribution in [2.45, 2.75) is 19.8 Å². The van der Waals surface area contributed by atoms with Gasteiger partial charge in [-0.3, -0.25) is 15.6 Å². The third kappa shape index (κ3) is 3.01. The normalized spacial score (nSPS) is 10.4. The standard InChI is InChI=1S/C11H13N5OS/c1-7(2)11-14-5-9(18-11)10(17)16-15-8-3-12-6-13-4-8/h3-7,15H,1-2H3,(H,16,17). The van der Waals surface area contributed by atoms with Crippen molar-refractivity contribution in [2.75, 3.05) is 5.43 Å². The van der Waals surface area contributed by atoms with E-state index < -0.39 is 0 Å². The van der Waals surface area contributed by atoms with Gasteiger partial charge in [0.15, 0.2) is 0 Å². The van der Waals surface area contributed by atoms with Crippen molar-refractivity contribution in [3.63, 3.8) is 0 Å². The Balaban J connectivity index is 1.95. The maximum absolute atomic E-state index is 11.8. The summed E-state index contributed by atoms with van der Waals surface area (Å²) in [5.41, 5.74) is 5.93. The topological polar surface area (TPSA) is 79.8 Å². The molecular formula is C11H13N5OS. The second-order valence-corrected chi connectivity index (χ2v) is 4.99. The second-order valence-electron chi connectivity index (χ2n) is 3.92. The minimum Gasteiger partial charge on any atom is -0.295 e. The number of hydrazine groups is 1. The van der Waals surface area contributed by atoms with Gasteiger partial charge in [-0.25, -0.2) is 15.0 Å². The van der Waals surface area contributed by atoms with Crippen LogP contribution in [0.1, 0.15) is 34.4 Å². The number of aromatic nitrogens is 3. The van der Waals surface area contributed by atoms with Gasteiger partial charge in [-0.1, -0.05) is 13.8 Å². The Hall–Kier alpha value is -2.02. The minimum atomic E-state index is -0.219. The van der Waals surface area contributed by atoms with Crippen LogP contribution in [0.15, 0.2) is 24.9 Å². The Kier molecular flexibility index (Phi) is 3.83. The summed E-state index contributed by atoms with van der Waals surface area (Å²) in [6.07, 6.45) is 6.14. The van der Waals surface area contributed by atoms with Gasteiger partial charge in [0.05, 0.1) is 29.3 Å². The molecule has 0 spiro atoms. The molecule has 7 heteroatoms. The van der Waals surface area contributed by atoms with Crippen LogP contribution in [0.2, 0.25) is 0 Å². The fourth-order valence-corrected chi connectivity index (χ4v) is 2.03. The van der Waals surface area contributed by atoms with Gasteiger partial charge in [0.1, 0.15) is 11.2 Å². The highest BCUT2D eigenvalue weighted by molar-refractivity contribution is 7.13. The summed E-state index contributed by atoms with van der Waals surface area (Å²) < 4.78 is 0. The number of nitrogens with zero attached hydrogens (tertiary/aromatic N) is 3. The molecule has 2 N–H and O–H groups in total. The number of carbonyl (C=O) groups excluding carboxylic acids is 1. The Bertz CT molecular complexity index is 525. The maximum Gasteiger partial charge on any atom is 0.281 e. The van der Waals surface area contributed by atoms with E-state index in [1.807, 2.05) is 13.8 Å². The summed E-state index contributed by atoms with van der Waals surface area (Å²) in [5.74, 6) is 0.107. The Labute approximate surface area is 108 Å². The van der Waals surface area contributed by atoms with E-state index in [0.717, 1.165) is 5.01 Å². The summed E-state index contributed by atoms with van der Waals surface area (Å²) in [6.45, 7) is 4.08. The van der Waals surface area contributed by atoms with Gasteiger partial charge in [-0.05, 0) is 0 Å². The van der Waals surface area contributed by atoms with E-state index >= 15 is 0 Å². The Morgan fingerprint density at radius 3 is 2.61 bits per heavy atom. The molecule has 0 fully saturated rings. The molecule has 2 rings (SSSR count). The average Bonchev–Trinajstić information content (AvgIpc) is 2.87. The van der Waals surface area contributed by atoms with Crippen LogP contribution < -0.4 is 10.9 Å². The third-order valence-electron chi connectivity index (χ3n) is 2.12. The van der Waals surface area contributed by atoms with Crippen molar-refractivity contribution < 1.29 is 4.79 Å². The van der Waals surface area contributed by atoms with Gasteiger partial charge in [-0.2, -0.15) is 0 Å². The second kappa shape index (κ2) is 5.54. The summed E-state index contributed by atoms with van der Waals surface area (Å²) in [7, 11) is 0. The lowest BCUT2D eigenvalue weighted by molar-refractivity contribution is 0.0966. The number of thiazole rings is 1. The van der Waals surface area contributed by atoms with Gasteiger partial charge in [-0.15, -0.1) is 11.3 Å². The number of anilines is 1. The number of amides is 1. The molecule has 0 aliphatic carbocycles. The molecule has 18 heavy (non-hydrogen) atoms. The summed E-state index contributed by atoms with van der Waals surface area (Å²) in [6, 6.07) is 0. The molecule has 0 saturated heterocycles. The average molecular weight is 263 g/mol. The summed E-state index contributed by atoms with van der Waals surface area (Å²) in [4.78, 5) is 24.2. The molecule has 0 aliphatic heterocycles. The molecule has 0 unspecified atom stereocenters. The number of nitrogens with one attached hydrogen (secondary N) is 2. The van der Waals surface area contributed by atoms with Crippen LogP contribution in [0.5, 0.6) is 0 Å². The van der Waals surface area contributed by atoms with Crippen molar-refractivity contribution in [2.24, 2.45) is 0 Å². The van der Waals surface area contributed by atoms with E-state index in [2.05, 4.69) is 25.8 Å². The zero-order chi connectivity index (χ0) is 13.0. The zero-order valence-corrected chi connectivity index (χ0v) is 10.9. The van der Waals surface area contributed by atoms with Gasteiger partial charge >= 0.3 is 0 Å². The van der Waals surface area contributed by atoms with Crippen molar-refractivity contribution in [1.82, 2.24) is 20.4 Å². The van der Waals surface area contributed by atoms with Crippen LogP contribution >= 0.6 is 11.3 Å². The molecule has 94 valence electrons. The number of hydrogen-bond donors (Lipinski definition) is 2. The first-order valence-corrected chi connectivity index (χ1v) is 6.25. The van der Waals surface area contributed by atoms with Gasteiger partial charge < -0.3 is 0 Å². The number of carbonyl (C=O) groups is 1. The molecule has 0 atom stereocenters. The van der Waals surface area contributed by atoms with E-state index in [1.54, 1.807) is 18.6 Å². The van der Waals surface area contributed by atoms with Crippen LogP contribution in [0.25, 0.3) is 0 Å². The van der Waals surface area contributed by atoms with E-state index in [4.69, 9.17) is 0 Å². The third-order valence-corrected chi connectivity index (χ3v) is 3.42. The number of rotatable bonds is 4. The molecule has 0 radical (unpaired) electrons. The lowest BCUT2D eigenvalue weighted by Gasteiger charge is -2.05. The van der Waals surface area contributed by atoms with Gasteiger partial charge in [0.25, 0.3) is 5.91 Å². The van der Waals surface area contributed by atoms with Crippen molar-refractivity contribution in [3.05, 3.63) is 34.8 Å². The summed E-state index contributed by atoms with van der Waals surface area (Å²) in [5, 5.41) is 0.947. The van der Waals surface area contributed by atoms with Crippen LogP contribution in [-0.4, -0.2) is 20.9 Å². The van der Waals surface area contributed by atoms with Crippen LogP contribution in [0.3, 0.4) is 0 Å². The Morgan fingerprint density at radius 2 is 2.00 bits per heavy atom. The fraction of sp³-hybridized carbons (Fsp3) is 0.273. The zero-order valence-electron chi connectivity index (χ0n) is 10.0. The molecule has 6 nitrogen and oxygen atoms in total. The monoisotopic (exact) mass is 263 g/mol. The predicted octanol–water partition coefficient (Wildman–Crippen LogP) is 1.81. The first-order chi connectivity index (χ1) is 8.66. The molecule has 2 aromatic rings. The molecule has 2 heterocycles. The van der Waals surface area contributed by atoms with Crippen LogP contribution in [-0.2, 0) is 0 Å². The largest absolute Gasteiger partial charge is 0.295 e. The Morgan fingerprint density at radius 1 is 1.28 bits per heavy atom. The maximum atomic E-state index is 11.8. The first-order valence-electron chi connectivity index (χ1n) is 5.44. The quantitative estimate of drug-likeness (QED) is 0.822. The van der Waals surface area contributed by atoms with Gasteiger partial charge in [0, 0.05) is 5.92 Å². The fourth-order valence-electron chi connectivity index (χ4n) is 1.21. The molecule has 2 aromatic heterocycles. The predicted molar refractivity (Wildman–Crippen MR) is 69.3 cm³/mol. The molecular weight excluding hydrogens is 250 g/mol. The van der Waals surface area contributed by atoms with Crippen LogP contribution in [0, 0.1) is 0 Å². The van der Waals surface area contributed by atoms with Crippen LogP contribution in [0.4, 0.5) is 5.69 Å². The highest BCUT2D eigenvalue weighted by Gasteiger charge is 2.11. The van der Waals surface area contributed by atoms with E-state index in [-0.39, 0.29) is 5.91 Å². The van der Waals surface area contributed by atoms with E-state index in [0.29, 0.717) is 16.5 Å². The number of hydrogen-bond acceptors (Lipinski definition) is 6. The molecule has 1 amide bonds. The van der Waals surface area contributed by atoms with Crippen molar-refractivity contribution >= 4 is 22.9 Å². The lowest BCUT2D eigenvalue weighted by Crippen LogP contribution is -2.28. The molecule has 0 saturated carbocycles. The summed E-state index contributed by atoms with van der Waals surface area (Å²) >= 11 is 1.39. The highest BCUT2D eigenvalue weighted by Crippen LogP contribution is 2.20. The SMILES string of the molecule is CC(C)c1ncc(C(=O)NNc2cncnc2)s1. The van der Waals surface area contributed by atoms with E-state index in [1.165, 1.54) is 17.7 Å². The lowest BCUT2D eigenvalue weighted by atomic mass is 10.2. The van der Waals surface area contributed by atoms with Crippen molar-refractivity contribution in [3.8, 4) is 0 Å².